The Hall–Kier alpha value is -4.06. The van der Waals surface area contributed by atoms with Crippen LogP contribution >= 0.6 is 0 Å². The molecule has 1 amide bonds. The van der Waals surface area contributed by atoms with Crippen LogP contribution in [0.15, 0.2) is 84.4 Å². The van der Waals surface area contributed by atoms with Crippen LogP contribution in [0.2, 0.25) is 0 Å². The summed E-state index contributed by atoms with van der Waals surface area (Å²) in [5.41, 5.74) is 1.71. The van der Waals surface area contributed by atoms with Crippen molar-refractivity contribution < 1.29 is 24.5 Å². The molecule has 3 aromatic rings. The number of hydrogen-bond donors (Lipinski definition) is 2. The molecule has 31 heavy (non-hydrogen) atoms. The average Bonchev–Trinajstić information content (AvgIpc) is 3.04. The number of phenolic OH excluding ortho intramolecular Hbond substituents is 1. The maximum atomic E-state index is 13.0. The predicted octanol–water partition coefficient (Wildman–Crippen LogP) is 4.02. The number of rotatable bonds is 5. The van der Waals surface area contributed by atoms with Crippen molar-refractivity contribution in [1.29, 1.82) is 0 Å². The quantitative estimate of drug-likeness (QED) is 0.373. The van der Waals surface area contributed by atoms with Gasteiger partial charge in [0.15, 0.2) is 0 Å². The molecule has 0 aromatic heterocycles. The topological polar surface area (TPSA) is 87.1 Å². The summed E-state index contributed by atoms with van der Waals surface area (Å²) < 4.78 is 5.21. The zero-order chi connectivity index (χ0) is 22.0. The smallest absolute Gasteiger partial charge is 0.295 e. The normalized spacial score (nSPS) is 17.7. The fourth-order valence-electron chi connectivity index (χ4n) is 3.79. The summed E-state index contributed by atoms with van der Waals surface area (Å²) in [6, 6.07) is 21.5. The maximum Gasteiger partial charge on any atom is 0.295 e. The van der Waals surface area contributed by atoms with Crippen LogP contribution in [0.5, 0.6) is 11.5 Å². The number of ether oxygens (including phenoxy) is 1. The molecule has 1 fully saturated rings. The molecule has 1 unspecified atom stereocenters. The van der Waals surface area contributed by atoms with Crippen molar-refractivity contribution in [2.24, 2.45) is 0 Å². The highest BCUT2D eigenvalue weighted by molar-refractivity contribution is 6.46. The molecule has 0 radical (unpaired) electrons. The van der Waals surface area contributed by atoms with Gasteiger partial charge in [-0.3, -0.25) is 9.59 Å². The number of ketones is 1. The Balaban J connectivity index is 1.87. The fraction of sp³-hybridized carbons (Fsp3) is 0.120. The molecule has 2 N–H and O–H groups in total. The molecule has 1 aliphatic rings. The second kappa shape index (κ2) is 8.36. The Morgan fingerprint density at radius 1 is 0.968 bits per heavy atom. The van der Waals surface area contributed by atoms with Gasteiger partial charge in [0.2, 0.25) is 0 Å². The van der Waals surface area contributed by atoms with Crippen molar-refractivity contribution in [1.82, 2.24) is 4.90 Å². The SMILES string of the molecule is COc1cccc(C(O)=C2C(=O)C(=O)N(Cc3ccccc3)C2c2cccc(O)c2)c1. The fourth-order valence-corrected chi connectivity index (χ4v) is 3.79. The Kier molecular flexibility index (Phi) is 5.45. The standard InChI is InChI=1S/C25H21NO5/c1-31-20-12-6-10-18(14-20)23(28)21-22(17-9-5-11-19(27)13-17)26(25(30)24(21)29)15-16-7-3-2-4-8-16/h2-14,22,27-28H,15H2,1H3. The molecule has 1 atom stereocenters. The first kappa shape index (κ1) is 20.2. The first-order valence-electron chi connectivity index (χ1n) is 9.75. The molecular formula is C25H21NO5. The lowest BCUT2D eigenvalue weighted by molar-refractivity contribution is -0.140. The van der Waals surface area contributed by atoms with E-state index in [1.165, 1.54) is 24.1 Å². The van der Waals surface area contributed by atoms with Gasteiger partial charge >= 0.3 is 0 Å². The molecule has 0 aliphatic carbocycles. The zero-order valence-electron chi connectivity index (χ0n) is 16.9. The third-order valence-electron chi connectivity index (χ3n) is 5.26. The summed E-state index contributed by atoms with van der Waals surface area (Å²) >= 11 is 0. The number of benzene rings is 3. The number of aromatic hydroxyl groups is 1. The minimum Gasteiger partial charge on any atom is -0.508 e. The maximum absolute atomic E-state index is 13.0. The number of carbonyl (C=O) groups is 2. The van der Waals surface area contributed by atoms with Gasteiger partial charge in [0.25, 0.3) is 11.7 Å². The van der Waals surface area contributed by atoms with Gasteiger partial charge in [-0.05, 0) is 35.4 Å². The Morgan fingerprint density at radius 2 is 1.71 bits per heavy atom. The van der Waals surface area contributed by atoms with Crippen molar-refractivity contribution in [3.63, 3.8) is 0 Å². The summed E-state index contributed by atoms with van der Waals surface area (Å²) in [5.74, 6) is -1.26. The van der Waals surface area contributed by atoms with Gasteiger partial charge in [0, 0.05) is 12.1 Å². The molecule has 1 aliphatic heterocycles. The van der Waals surface area contributed by atoms with Crippen molar-refractivity contribution in [3.8, 4) is 11.5 Å². The number of phenols is 1. The monoisotopic (exact) mass is 415 g/mol. The van der Waals surface area contributed by atoms with Crippen LogP contribution < -0.4 is 4.74 Å². The number of methoxy groups -OCH3 is 1. The third-order valence-corrected chi connectivity index (χ3v) is 5.26. The number of likely N-dealkylation sites (tertiary alicyclic amines) is 1. The van der Waals surface area contributed by atoms with Gasteiger partial charge in [-0.2, -0.15) is 0 Å². The number of aliphatic hydroxyl groups excluding tert-OH is 1. The average molecular weight is 415 g/mol. The second-order valence-electron chi connectivity index (χ2n) is 7.24. The number of amides is 1. The summed E-state index contributed by atoms with van der Waals surface area (Å²) in [4.78, 5) is 27.4. The van der Waals surface area contributed by atoms with Crippen LogP contribution in [-0.2, 0) is 16.1 Å². The van der Waals surface area contributed by atoms with Gasteiger partial charge in [0.1, 0.15) is 17.3 Å². The first-order valence-corrected chi connectivity index (χ1v) is 9.75. The molecule has 6 nitrogen and oxygen atoms in total. The number of aliphatic hydroxyl groups is 1. The van der Waals surface area contributed by atoms with Gasteiger partial charge in [-0.1, -0.05) is 54.6 Å². The minimum atomic E-state index is -0.849. The van der Waals surface area contributed by atoms with E-state index in [1.807, 2.05) is 30.3 Å². The number of hydrogen-bond acceptors (Lipinski definition) is 5. The first-order chi connectivity index (χ1) is 15.0. The van der Waals surface area contributed by atoms with E-state index in [2.05, 4.69) is 0 Å². The molecule has 1 saturated heterocycles. The van der Waals surface area contributed by atoms with Crippen LogP contribution in [0.1, 0.15) is 22.7 Å². The second-order valence-corrected chi connectivity index (χ2v) is 7.24. The highest BCUT2D eigenvalue weighted by Crippen LogP contribution is 2.41. The molecule has 0 saturated carbocycles. The van der Waals surface area contributed by atoms with Gasteiger partial charge in [0.05, 0.1) is 18.7 Å². The van der Waals surface area contributed by atoms with Crippen molar-refractivity contribution in [3.05, 3.63) is 101 Å². The molecular weight excluding hydrogens is 394 g/mol. The summed E-state index contributed by atoms with van der Waals surface area (Å²) in [5, 5.41) is 21.1. The van der Waals surface area contributed by atoms with Gasteiger partial charge < -0.3 is 19.8 Å². The van der Waals surface area contributed by atoms with Crippen molar-refractivity contribution in [2.75, 3.05) is 7.11 Å². The van der Waals surface area contributed by atoms with E-state index in [0.717, 1.165) is 5.56 Å². The van der Waals surface area contributed by atoms with Crippen LogP contribution in [-0.4, -0.2) is 33.9 Å². The Bertz CT molecular complexity index is 1170. The molecule has 0 spiro atoms. The van der Waals surface area contributed by atoms with Crippen molar-refractivity contribution in [2.45, 2.75) is 12.6 Å². The summed E-state index contributed by atoms with van der Waals surface area (Å²) in [6.07, 6.45) is 0. The van der Waals surface area contributed by atoms with Gasteiger partial charge in [-0.25, -0.2) is 0 Å². The van der Waals surface area contributed by atoms with E-state index in [-0.39, 0.29) is 23.6 Å². The lowest BCUT2D eigenvalue weighted by Gasteiger charge is -2.25. The zero-order valence-corrected chi connectivity index (χ0v) is 16.9. The molecule has 4 rings (SSSR count). The van der Waals surface area contributed by atoms with Crippen LogP contribution in [0.3, 0.4) is 0 Å². The predicted molar refractivity (Wildman–Crippen MR) is 115 cm³/mol. The minimum absolute atomic E-state index is 0.00387. The molecule has 0 bridgehead atoms. The third kappa shape index (κ3) is 3.88. The van der Waals surface area contributed by atoms with Crippen LogP contribution in [0, 0.1) is 0 Å². The highest BCUT2D eigenvalue weighted by atomic mass is 16.5. The number of carbonyl (C=O) groups excluding carboxylic acids is 2. The molecule has 156 valence electrons. The number of Topliss-reactive ketones (excluding diaryl/α,β-unsaturated/α-hetero) is 1. The van der Waals surface area contributed by atoms with E-state index in [0.29, 0.717) is 16.9 Å². The van der Waals surface area contributed by atoms with E-state index in [9.17, 15) is 19.8 Å². The highest BCUT2D eigenvalue weighted by Gasteiger charge is 2.46. The number of nitrogens with zero attached hydrogens (tertiary/aromatic N) is 1. The Labute approximate surface area is 179 Å². The van der Waals surface area contributed by atoms with Crippen LogP contribution in [0.25, 0.3) is 5.76 Å². The van der Waals surface area contributed by atoms with E-state index in [1.54, 1.807) is 36.4 Å². The molecule has 1 heterocycles. The lowest BCUT2D eigenvalue weighted by atomic mass is 9.95. The van der Waals surface area contributed by atoms with Crippen LogP contribution in [0.4, 0.5) is 0 Å². The van der Waals surface area contributed by atoms with E-state index >= 15 is 0 Å². The van der Waals surface area contributed by atoms with Crippen molar-refractivity contribution >= 4 is 17.4 Å². The lowest BCUT2D eigenvalue weighted by Crippen LogP contribution is -2.29. The largest absolute Gasteiger partial charge is 0.508 e. The van der Waals surface area contributed by atoms with E-state index in [4.69, 9.17) is 4.74 Å². The summed E-state index contributed by atoms with van der Waals surface area (Å²) in [6.45, 7) is 0.181. The van der Waals surface area contributed by atoms with E-state index < -0.39 is 17.7 Å². The summed E-state index contributed by atoms with van der Waals surface area (Å²) in [7, 11) is 1.50. The molecule has 6 heteroatoms. The molecule has 3 aromatic carbocycles. The Morgan fingerprint density at radius 3 is 2.42 bits per heavy atom. The van der Waals surface area contributed by atoms with Gasteiger partial charge in [-0.15, -0.1) is 0 Å².